The topological polar surface area (TPSA) is 38.1 Å². The van der Waals surface area contributed by atoms with Crippen LogP contribution in [0.15, 0.2) is 18.2 Å². The van der Waals surface area contributed by atoms with Crippen molar-refractivity contribution in [1.82, 2.24) is 14.5 Å². The van der Waals surface area contributed by atoms with Crippen LogP contribution in [-0.4, -0.2) is 34.0 Å². The van der Waals surface area contributed by atoms with Gasteiger partial charge in [0.05, 0.1) is 17.5 Å². The quantitative estimate of drug-likeness (QED) is 0.840. The number of benzene rings is 1. The Labute approximate surface area is 120 Å². The lowest BCUT2D eigenvalue weighted by atomic mass is 10.1. The molecule has 0 aliphatic heterocycles. The van der Waals surface area contributed by atoms with Gasteiger partial charge in [0.15, 0.2) is 0 Å². The molecule has 20 heavy (non-hydrogen) atoms. The van der Waals surface area contributed by atoms with Crippen molar-refractivity contribution in [3.63, 3.8) is 0 Å². The zero-order valence-electron chi connectivity index (χ0n) is 12.8. The summed E-state index contributed by atoms with van der Waals surface area (Å²) < 4.78 is 2.06. The van der Waals surface area contributed by atoms with Gasteiger partial charge < -0.3 is 9.47 Å². The van der Waals surface area contributed by atoms with Crippen LogP contribution >= 0.6 is 0 Å². The first kappa shape index (κ1) is 14.6. The second kappa shape index (κ2) is 6.07. The predicted molar refractivity (Wildman–Crippen MR) is 81.7 cm³/mol. The summed E-state index contributed by atoms with van der Waals surface area (Å²) in [5.41, 5.74) is 3.11. The van der Waals surface area contributed by atoms with Gasteiger partial charge in [-0.3, -0.25) is 4.79 Å². The molecule has 108 valence electrons. The van der Waals surface area contributed by atoms with E-state index in [1.54, 1.807) is 0 Å². The van der Waals surface area contributed by atoms with Crippen LogP contribution in [0, 0.1) is 6.92 Å². The summed E-state index contributed by atoms with van der Waals surface area (Å²) in [5, 5.41) is 0. The minimum Gasteiger partial charge on any atom is -0.345 e. The molecule has 0 radical (unpaired) electrons. The molecule has 0 bridgehead atoms. The Kier molecular flexibility index (Phi) is 4.42. The monoisotopic (exact) mass is 273 g/mol. The van der Waals surface area contributed by atoms with Crippen molar-refractivity contribution < 1.29 is 4.79 Å². The van der Waals surface area contributed by atoms with Gasteiger partial charge in [0.2, 0.25) is 5.91 Å². The maximum absolute atomic E-state index is 12.1. The van der Waals surface area contributed by atoms with Crippen molar-refractivity contribution in [2.24, 2.45) is 7.05 Å². The summed E-state index contributed by atoms with van der Waals surface area (Å²) in [7, 11) is 3.88. The number of amides is 1. The highest BCUT2D eigenvalue weighted by Gasteiger charge is 2.11. The molecule has 0 spiro atoms. The number of aromatic nitrogens is 2. The molecule has 1 heterocycles. The molecular formula is C16H23N3O. The standard InChI is InChI=1S/C16H23N3O/c1-5-6-9-18(3)16(20)11-13-7-8-15-14(10-13)17-12(2)19(15)4/h7-8,10H,5-6,9,11H2,1-4H3. The average Bonchev–Trinajstić information content (AvgIpc) is 2.71. The minimum atomic E-state index is 0.172. The van der Waals surface area contributed by atoms with E-state index < -0.39 is 0 Å². The van der Waals surface area contributed by atoms with Gasteiger partial charge in [-0.25, -0.2) is 4.98 Å². The third kappa shape index (κ3) is 3.00. The van der Waals surface area contributed by atoms with Crippen molar-refractivity contribution in [3.8, 4) is 0 Å². The van der Waals surface area contributed by atoms with Gasteiger partial charge >= 0.3 is 0 Å². The van der Waals surface area contributed by atoms with E-state index >= 15 is 0 Å². The van der Waals surface area contributed by atoms with Crippen LogP contribution in [-0.2, 0) is 18.3 Å². The number of hydrogen-bond donors (Lipinski definition) is 0. The molecule has 0 unspecified atom stereocenters. The second-order valence-corrected chi connectivity index (χ2v) is 5.39. The third-order valence-electron chi connectivity index (χ3n) is 3.80. The highest BCUT2D eigenvalue weighted by atomic mass is 16.2. The van der Waals surface area contributed by atoms with Gasteiger partial charge in [0.25, 0.3) is 0 Å². The predicted octanol–water partition coefficient (Wildman–Crippen LogP) is 2.68. The molecule has 4 heteroatoms. The Morgan fingerprint density at radius 3 is 2.85 bits per heavy atom. The fourth-order valence-corrected chi connectivity index (χ4v) is 2.31. The molecule has 2 aromatic rings. The van der Waals surface area contributed by atoms with Gasteiger partial charge in [-0.2, -0.15) is 0 Å². The van der Waals surface area contributed by atoms with Gasteiger partial charge in [0.1, 0.15) is 5.82 Å². The lowest BCUT2D eigenvalue weighted by Gasteiger charge is -2.16. The van der Waals surface area contributed by atoms with Crippen molar-refractivity contribution >= 4 is 16.9 Å². The molecule has 0 atom stereocenters. The van der Waals surface area contributed by atoms with Crippen LogP contribution in [0.25, 0.3) is 11.0 Å². The van der Waals surface area contributed by atoms with Gasteiger partial charge in [-0.1, -0.05) is 19.4 Å². The van der Waals surface area contributed by atoms with Gasteiger partial charge in [-0.15, -0.1) is 0 Å². The number of hydrogen-bond acceptors (Lipinski definition) is 2. The Morgan fingerprint density at radius 2 is 2.15 bits per heavy atom. The van der Waals surface area contributed by atoms with Crippen LogP contribution in [0.3, 0.4) is 0 Å². The van der Waals surface area contributed by atoms with E-state index in [1.165, 1.54) is 0 Å². The maximum Gasteiger partial charge on any atom is 0.226 e. The lowest BCUT2D eigenvalue weighted by Crippen LogP contribution is -2.29. The smallest absolute Gasteiger partial charge is 0.226 e. The van der Waals surface area contributed by atoms with Crippen LogP contribution in [0.1, 0.15) is 31.2 Å². The molecule has 0 fully saturated rings. The minimum absolute atomic E-state index is 0.172. The number of unbranched alkanes of at least 4 members (excludes halogenated alkanes) is 1. The molecule has 2 rings (SSSR count). The normalized spacial score (nSPS) is 11.0. The summed E-state index contributed by atoms with van der Waals surface area (Å²) in [6.07, 6.45) is 2.61. The first-order valence-electron chi connectivity index (χ1n) is 7.19. The molecule has 1 aromatic carbocycles. The average molecular weight is 273 g/mol. The Morgan fingerprint density at radius 1 is 1.40 bits per heavy atom. The Hall–Kier alpha value is -1.84. The van der Waals surface area contributed by atoms with Crippen LogP contribution < -0.4 is 0 Å². The molecule has 4 nitrogen and oxygen atoms in total. The van der Waals surface area contributed by atoms with Gasteiger partial charge in [-0.05, 0) is 31.0 Å². The highest BCUT2D eigenvalue weighted by Crippen LogP contribution is 2.17. The van der Waals surface area contributed by atoms with E-state index in [4.69, 9.17) is 0 Å². The Bertz CT molecular complexity index is 615. The molecule has 0 aliphatic rings. The van der Waals surface area contributed by atoms with Crippen molar-refractivity contribution in [2.45, 2.75) is 33.1 Å². The van der Waals surface area contributed by atoms with Gasteiger partial charge in [0, 0.05) is 20.6 Å². The molecule has 1 aromatic heterocycles. The van der Waals surface area contributed by atoms with Crippen molar-refractivity contribution in [3.05, 3.63) is 29.6 Å². The number of carbonyl (C=O) groups is 1. The summed E-state index contributed by atoms with van der Waals surface area (Å²) >= 11 is 0. The summed E-state index contributed by atoms with van der Waals surface area (Å²) in [6.45, 7) is 4.96. The van der Waals surface area contributed by atoms with Crippen molar-refractivity contribution in [2.75, 3.05) is 13.6 Å². The van der Waals surface area contributed by atoms with E-state index in [-0.39, 0.29) is 5.91 Å². The number of nitrogens with zero attached hydrogens (tertiary/aromatic N) is 3. The number of fused-ring (bicyclic) bond motifs is 1. The molecule has 0 saturated heterocycles. The first-order valence-corrected chi connectivity index (χ1v) is 7.19. The van der Waals surface area contributed by atoms with E-state index in [1.807, 2.05) is 44.1 Å². The second-order valence-electron chi connectivity index (χ2n) is 5.39. The van der Waals surface area contributed by atoms with Crippen LogP contribution in [0.5, 0.6) is 0 Å². The van der Waals surface area contributed by atoms with E-state index in [0.717, 1.165) is 41.8 Å². The fourth-order valence-electron chi connectivity index (χ4n) is 2.31. The van der Waals surface area contributed by atoms with E-state index in [9.17, 15) is 4.79 Å². The fraction of sp³-hybridized carbons (Fsp3) is 0.500. The number of rotatable bonds is 5. The maximum atomic E-state index is 12.1. The molecule has 1 amide bonds. The van der Waals surface area contributed by atoms with Crippen molar-refractivity contribution in [1.29, 1.82) is 0 Å². The van der Waals surface area contributed by atoms with Crippen LogP contribution in [0.2, 0.25) is 0 Å². The zero-order valence-corrected chi connectivity index (χ0v) is 12.8. The molecule has 0 N–H and O–H groups in total. The number of imidazole rings is 1. The number of carbonyl (C=O) groups excluding carboxylic acids is 1. The number of likely N-dealkylation sites (N-methyl/N-ethyl adjacent to an activating group) is 1. The number of aryl methyl sites for hydroxylation is 2. The van der Waals surface area contributed by atoms with E-state index in [2.05, 4.69) is 16.5 Å². The lowest BCUT2D eigenvalue weighted by molar-refractivity contribution is -0.129. The largest absolute Gasteiger partial charge is 0.345 e. The molecular weight excluding hydrogens is 250 g/mol. The van der Waals surface area contributed by atoms with E-state index in [0.29, 0.717) is 6.42 Å². The summed E-state index contributed by atoms with van der Waals surface area (Å²) in [4.78, 5) is 18.5. The molecule has 0 saturated carbocycles. The highest BCUT2D eigenvalue weighted by molar-refractivity contribution is 5.82. The summed E-state index contributed by atoms with van der Waals surface area (Å²) in [6, 6.07) is 6.09. The Balaban J connectivity index is 2.12. The first-order chi connectivity index (χ1) is 9.52. The zero-order chi connectivity index (χ0) is 14.7. The third-order valence-corrected chi connectivity index (χ3v) is 3.80. The molecule has 0 aliphatic carbocycles. The SMILES string of the molecule is CCCCN(C)C(=O)Cc1ccc2c(c1)nc(C)n2C. The summed E-state index contributed by atoms with van der Waals surface area (Å²) in [5.74, 6) is 1.16. The van der Waals surface area contributed by atoms with Crippen LogP contribution in [0.4, 0.5) is 0 Å².